The molecule has 0 fully saturated rings. The maximum Gasteiger partial charge on any atom is -0.00140 e. The summed E-state index contributed by atoms with van der Waals surface area (Å²) in [5, 5.41) is 0. The van der Waals surface area contributed by atoms with Crippen LogP contribution < -0.4 is 0 Å². The summed E-state index contributed by atoms with van der Waals surface area (Å²) < 4.78 is 0. The van der Waals surface area contributed by atoms with Crippen molar-refractivity contribution in [3.63, 3.8) is 0 Å². The molecule has 1 aromatic carbocycles. The molecule has 55 valence electrons. The third-order valence-corrected chi connectivity index (χ3v) is 2.33. The summed E-state index contributed by atoms with van der Waals surface area (Å²) in [7, 11) is 0. The van der Waals surface area contributed by atoms with Crippen LogP contribution in [-0.2, 0) is 6.42 Å². The highest BCUT2D eigenvalue weighted by atomic mass is 14.1. The van der Waals surface area contributed by atoms with E-state index in [1.54, 1.807) is 0 Å². The zero-order valence-electron chi connectivity index (χ0n) is 6.94. The summed E-state index contributed by atoms with van der Waals surface area (Å²) >= 11 is 0. The summed E-state index contributed by atoms with van der Waals surface area (Å²) in [4.78, 5) is 0. The molecule has 0 heteroatoms. The van der Waals surface area contributed by atoms with Gasteiger partial charge in [-0.05, 0) is 48.6 Å². The normalized spacial score (nSPS) is 13.6. The summed E-state index contributed by atoms with van der Waals surface area (Å²) in [5.74, 6) is 0. The fraction of sp³-hybridized carbons (Fsp3) is 0.273. The van der Waals surface area contributed by atoms with Gasteiger partial charge in [-0.15, -0.1) is 0 Å². The zero-order valence-corrected chi connectivity index (χ0v) is 6.94. The summed E-state index contributed by atoms with van der Waals surface area (Å²) in [6, 6.07) is 4.37. The Morgan fingerprint density at radius 1 is 1.18 bits per heavy atom. The van der Waals surface area contributed by atoms with E-state index in [0.29, 0.717) is 0 Å². The van der Waals surface area contributed by atoms with Crippen LogP contribution in [-0.4, -0.2) is 0 Å². The van der Waals surface area contributed by atoms with Crippen molar-refractivity contribution in [2.75, 3.05) is 0 Å². The largest absolute Gasteiger partial charge is 0.0587 e. The molecule has 0 nitrogen and oxygen atoms in total. The molecule has 0 atom stereocenters. The fourth-order valence-electron chi connectivity index (χ4n) is 1.58. The van der Waals surface area contributed by atoms with E-state index in [9.17, 15) is 0 Å². The molecule has 0 aliphatic heterocycles. The summed E-state index contributed by atoms with van der Waals surface area (Å²) in [6.07, 6.45) is 6.36. The highest BCUT2D eigenvalue weighted by Crippen LogP contribution is 2.25. The zero-order chi connectivity index (χ0) is 7.84. The molecule has 1 radical (unpaired) electrons. The number of allylic oxidation sites excluding steroid dienone is 1. The lowest BCUT2D eigenvalue weighted by Crippen LogP contribution is -1.89. The molecule has 0 spiro atoms. The van der Waals surface area contributed by atoms with Crippen LogP contribution >= 0.6 is 0 Å². The van der Waals surface area contributed by atoms with Crippen LogP contribution in [0.3, 0.4) is 0 Å². The van der Waals surface area contributed by atoms with Crippen LogP contribution in [0.15, 0.2) is 12.1 Å². The predicted octanol–water partition coefficient (Wildman–Crippen LogP) is 2.68. The first-order chi connectivity index (χ1) is 5.29. The second-order valence-corrected chi connectivity index (χ2v) is 3.12. The topological polar surface area (TPSA) is 0 Å². The van der Waals surface area contributed by atoms with E-state index >= 15 is 0 Å². The smallest absolute Gasteiger partial charge is 0.00140 e. The lowest BCUT2D eigenvalue weighted by Gasteiger charge is -2.05. The molecule has 11 heavy (non-hydrogen) atoms. The molecule has 0 N–H and O–H groups in total. The van der Waals surface area contributed by atoms with Gasteiger partial charge in [-0.3, -0.25) is 0 Å². The minimum Gasteiger partial charge on any atom is -0.0587 e. The van der Waals surface area contributed by atoms with Gasteiger partial charge in [-0.2, -0.15) is 0 Å². The number of hydrogen-bond donors (Lipinski definition) is 0. The quantitative estimate of drug-likeness (QED) is 0.523. The fourth-order valence-corrected chi connectivity index (χ4v) is 1.58. The van der Waals surface area contributed by atoms with Crippen molar-refractivity contribution in [1.82, 2.24) is 0 Å². The van der Waals surface area contributed by atoms with Gasteiger partial charge in [0.05, 0.1) is 0 Å². The van der Waals surface area contributed by atoms with E-state index in [-0.39, 0.29) is 0 Å². The van der Waals surface area contributed by atoms with Crippen LogP contribution in [0.1, 0.15) is 22.3 Å². The summed E-state index contributed by atoms with van der Waals surface area (Å²) in [5.41, 5.74) is 5.62. The number of hydrogen-bond acceptors (Lipinski definition) is 0. The predicted molar refractivity (Wildman–Crippen MR) is 47.3 cm³/mol. The molecule has 0 saturated carbocycles. The van der Waals surface area contributed by atoms with Gasteiger partial charge in [0.1, 0.15) is 0 Å². The van der Waals surface area contributed by atoms with Crippen molar-refractivity contribution in [3.05, 3.63) is 40.5 Å². The molecule has 2 rings (SSSR count). The third-order valence-electron chi connectivity index (χ3n) is 2.33. The van der Waals surface area contributed by atoms with Gasteiger partial charge in [0.15, 0.2) is 0 Å². The Hall–Kier alpha value is -1.04. The van der Waals surface area contributed by atoms with Gasteiger partial charge in [0.25, 0.3) is 0 Å². The van der Waals surface area contributed by atoms with Gasteiger partial charge >= 0.3 is 0 Å². The maximum atomic E-state index is 3.24. The average Bonchev–Trinajstić information content (AvgIpc) is 2.45. The highest BCUT2D eigenvalue weighted by molar-refractivity contribution is 5.63. The molecule has 0 heterocycles. The van der Waals surface area contributed by atoms with Crippen molar-refractivity contribution >= 4 is 6.08 Å². The highest BCUT2D eigenvalue weighted by Gasteiger charge is 2.09. The monoisotopic (exact) mass is 143 g/mol. The Bertz CT molecular complexity index is 319. The van der Waals surface area contributed by atoms with E-state index in [2.05, 4.69) is 38.1 Å². The second kappa shape index (κ2) is 2.23. The Morgan fingerprint density at radius 3 is 2.64 bits per heavy atom. The number of rotatable bonds is 0. The molecule has 0 saturated heterocycles. The maximum absolute atomic E-state index is 3.24. The first kappa shape index (κ1) is 6.66. The average molecular weight is 143 g/mol. The SMILES string of the molecule is Cc1ccc(C)c2c1C=[C]C2. The number of aryl methyl sites for hydroxylation is 2. The van der Waals surface area contributed by atoms with Crippen molar-refractivity contribution in [1.29, 1.82) is 0 Å². The van der Waals surface area contributed by atoms with Gasteiger partial charge in [0.2, 0.25) is 0 Å². The minimum absolute atomic E-state index is 1.00. The lowest BCUT2D eigenvalue weighted by atomic mass is 10.00. The Morgan fingerprint density at radius 2 is 1.91 bits per heavy atom. The van der Waals surface area contributed by atoms with E-state index in [0.717, 1.165) is 6.42 Å². The molecular weight excluding hydrogens is 132 g/mol. The van der Waals surface area contributed by atoms with Crippen LogP contribution in [0.2, 0.25) is 0 Å². The Kier molecular flexibility index (Phi) is 1.35. The first-order valence-corrected chi connectivity index (χ1v) is 3.95. The van der Waals surface area contributed by atoms with Gasteiger partial charge in [-0.1, -0.05) is 18.2 Å². The van der Waals surface area contributed by atoms with E-state index < -0.39 is 0 Å². The number of benzene rings is 1. The Balaban J connectivity index is 2.71. The van der Waals surface area contributed by atoms with Crippen molar-refractivity contribution < 1.29 is 0 Å². The molecule has 0 amide bonds. The van der Waals surface area contributed by atoms with E-state index in [4.69, 9.17) is 0 Å². The Labute approximate surface area is 67.6 Å². The molecule has 0 bridgehead atoms. The van der Waals surface area contributed by atoms with E-state index in [1.165, 1.54) is 22.3 Å². The molecule has 1 aliphatic carbocycles. The van der Waals surface area contributed by atoms with Gasteiger partial charge in [-0.25, -0.2) is 0 Å². The van der Waals surface area contributed by atoms with Gasteiger partial charge < -0.3 is 0 Å². The second-order valence-electron chi connectivity index (χ2n) is 3.12. The molecule has 1 aromatic rings. The van der Waals surface area contributed by atoms with E-state index in [1.807, 2.05) is 0 Å². The summed E-state index contributed by atoms with van der Waals surface area (Å²) in [6.45, 7) is 4.32. The van der Waals surface area contributed by atoms with Crippen molar-refractivity contribution in [2.45, 2.75) is 20.3 Å². The van der Waals surface area contributed by atoms with Crippen LogP contribution in [0.25, 0.3) is 6.08 Å². The van der Waals surface area contributed by atoms with Gasteiger partial charge in [0, 0.05) is 0 Å². The molecule has 0 aromatic heterocycles. The minimum atomic E-state index is 1.00. The van der Waals surface area contributed by atoms with Crippen molar-refractivity contribution in [3.8, 4) is 0 Å². The first-order valence-electron chi connectivity index (χ1n) is 3.95. The third kappa shape index (κ3) is 0.900. The number of fused-ring (bicyclic) bond motifs is 1. The lowest BCUT2D eigenvalue weighted by molar-refractivity contribution is 1.20. The molecule has 1 aliphatic rings. The van der Waals surface area contributed by atoms with Crippen LogP contribution in [0.5, 0.6) is 0 Å². The van der Waals surface area contributed by atoms with Crippen molar-refractivity contribution in [2.24, 2.45) is 0 Å². The molecular formula is C11H11. The van der Waals surface area contributed by atoms with Crippen LogP contribution in [0, 0.1) is 19.9 Å². The standard InChI is InChI=1S/C11H11/c1-8-6-7-9(2)11-5-3-4-10(8)11/h4,6-7H,5H2,1-2H3. The molecule has 0 unspecified atom stereocenters. The van der Waals surface area contributed by atoms with Crippen LogP contribution in [0.4, 0.5) is 0 Å².